The summed E-state index contributed by atoms with van der Waals surface area (Å²) < 4.78 is 0. The van der Waals surface area contributed by atoms with Crippen molar-refractivity contribution in [1.82, 2.24) is 10.2 Å². The van der Waals surface area contributed by atoms with E-state index in [0.717, 1.165) is 26.1 Å². The molecule has 0 aliphatic carbocycles. The van der Waals surface area contributed by atoms with Gasteiger partial charge in [-0.2, -0.15) is 0 Å². The Balaban J connectivity index is 2.10. The molecule has 0 heterocycles. The van der Waals surface area contributed by atoms with Gasteiger partial charge in [-0.25, -0.2) is 0 Å². The molecule has 18 heavy (non-hydrogen) atoms. The molecule has 0 aliphatic rings. The fourth-order valence-corrected chi connectivity index (χ4v) is 1.77. The third-order valence-corrected chi connectivity index (χ3v) is 2.71. The van der Waals surface area contributed by atoms with Gasteiger partial charge in [0, 0.05) is 26.1 Å². The van der Waals surface area contributed by atoms with Crippen LogP contribution in [0, 0.1) is 0 Å². The molecule has 0 saturated heterocycles. The van der Waals surface area contributed by atoms with Gasteiger partial charge in [0.2, 0.25) is 5.91 Å². The Labute approximate surface area is 109 Å². The van der Waals surface area contributed by atoms with E-state index >= 15 is 0 Å². The highest BCUT2D eigenvalue weighted by Gasteiger charge is 2.01. The average Bonchev–Trinajstić information content (AvgIpc) is 2.36. The third kappa shape index (κ3) is 6.37. The lowest BCUT2D eigenvalue weighted by molar-refractivity contribution is -0.120. The van der Waals surface area contributed by atoms with E-state index < -0.39 is 0 Å². The number of carbonyl (C=O) groups is 1. The van der Waals surface area contributed by atoms with Gasteiger partial charge in [-0.15, -0.1) is 0 Å². The van der Waals surface area contributed by atoms with Crippen molar-refractivity contribution in [3.8, 4) is 0 Å². The van der Waals surface area contributed by atoms with Crippen LogP contribution in [0.2, 0.25) is 0 Å². The van der Waals surface area contributed by atoms with E-state index in [0.29, 0.717) is 13.0 Å². The Morgan fingerprint density at radius 2 is 2.06 bits per heavy atom. The molecule has 100 valence electrons. The molecule has 4 heteroatoms. The number of nitrogens with zero attached hydrogens (tertiary/aromatic N) is 1. The van der Waals surface area contributed by atoms with Crippen LogP contribution in [0.1, 0.15) is 18.4 Å². The van der Waals surface area contributed by atoms with Crippen molar-refractivity contribution < 1.29 is 4.79 Å². The number of amides is 1. The lowest BCUT2D eigenvalue weighted by Crippen LogP contribution is -2.29. The van der Waals surface area contributed by atoms with E-state index in [1.54, 1.807) is 0 Å². The lowest BCUT2D eigenvalue weighted by atomic mass is 10.2. The third-order valence-electron chi connectivity index (χ3n) is 2.71. The molecule has 1 aromatic carbocycles. The highest BCUT2D eigenvalue weighted by atomic mass is 16.1. The molecule has 0 aromatic heterocycles. The molecule has 0 fully saturated rings. The number of rotatable bonds is 8. The van der Waals surface area contributed by atoms with Crippen LogP contribution >= 0.6 is 0 Å². The molecule has 0 atom stereocenters. The normalized spacial score (nSPS) is 10.6. The van der Waals surface area contributed by atoms with E-state index in [-0.39, 0.29) is 5.91 Å². The van der Waals surface area contributed by atoms with Crippen molar-refractivity contribution in [1.29, 1.82) is 0 Å². The molecule has 4 nitrogen and oxygen atoms in total. The van der Waals surface area contributed by atoms with Gasteiger partial charge in [-0.3, -0.25) is 4.79 Å². The second-order valence-electron chi connectivity index (χ2n) is 4.47. The fraction of sp³-hybridized carbons (Fsp3) is 0.500. The molecule has 0 unspecified atom stereocenters. The van der Waals surface area contributed by atoms with E-state index in [1.807, 2.05) is 6.07 Å². The van der Waals surface area contributed by atoms with Crippen LogP contribution in [0.3, 0.4) is 0 Å². The standard InChI is InChI=1S/C14H23N3O/c1-17(12-13-6-3-2-4-7-13)11-5-10-16-14(18)8-9-15/h2-4,6-7H,5,8-12,15H2,1H3,(H,16,18). The zero-order valence-electron chi connectivity index (χ0n) is 11.1. The van der Waals surface area contributed by atoms with Crippen LogP contribution in [-0.4, -0.2) is 37.5 Å². The minimum absolute atomic E-state index is 0.0446. The molecule has 1 amide bonds. The van der Waals surface area contributed by atoms with E-state index in [9.17, 15) is 4.79 Å². The number of carbonyl (C=O) groups excluding carboxylic acids is 1. The number of hydrogen-bond donors (Lipinski definition) is 2. The minimum Gasteiger partial charge on any atom is -0.356 e. The summed E-state index contributed by atoms with van der Waals surface area (Å²) in [5, 5.41) is 2.86. The van der Waals surface area contributed by atoms with Crippen LogP contribution in [-0.2, 0) is 11.3 Å². The van der Waals surface area contributed by atoms with Gasteiger partial charge >= 0.3 is 0 Å². The fourth-order valence-electron chi connectivity index (χ4n) is 1.77. The number of nitrogens with two attached hydrogens (primary N) is 1. The molecule has 3 N–H and O–H groups in total. The largest absolute Gasteiger partial charge is 0.356 e. The van der Waals surface area contributed by atoms with Crippen molar-refractivity contribution >= 4 is 5.91 Å². The van der Waals surface area contributed by atoms with Crippen LogP contribution in [0.15, 0.2) is 30.3 Å². The van der Waals surface area contributed by atoms with E-state index in [1.165, 1.54) is 5.56 Å². The summed E-state index contributed by atoms with van der Waals surface area (Å²) in [7, 11) is 2.09. The second kappa shape index (κ2) is 8.66. The van der Waals surface area contributed by atoms with Gasteiger partial charge in [0.1, 0.15) is 0 Å². The summed E-state index contributed by atoms with van der Waals surface area (Å²) in [6.45, 7) is 3.05. The Bertz CT molecular complexity index is 340. The lowest BCUT2D eigenvalue weighted by Gasteiger charge is -2.16. The minimum atomic E-state index is 0.0446. The zero-order chi connectivity index (χ0) is 13.2. The van der Waals surface area contributed by atoms with Crippen molar-refractivity contribution in [2.75, 3.05) is 26.7 Å². The van der Waals surface area contributed by atoms with Crippen LogP contribution in [0.4, 0.5) is 0 Å². The van der Waals surface area contributed by atoms with Crippen LogP contribution in [0.25, 0.3) is 0 Å². The summed E-state index contributed by atoms with van der Waals surface area (Å²) in [6, 6.07) is 10.4. The van der Waals surface area contributed by atoms with Crippen LogP contribution in [0.5, 0.6) is 0 Å². The SMILES string of the molecule is CN(CCCNC(=O)CCN)Cc1ccccc1. The summed E-state index contributed by atoms with van der Waals surface area (Å²) in [5.41, 5.74) is 6.61. The summed E-state index contributed by atoms with van der Waals surface area (Å²) in [4.78, 5) is 13.4. The number of benzene rings is 1. The molecular weight excluding hydrogens is 226 g/mol. The monoisotopic (exact) mass is 249 g/mol. The maximum atomic E-state index is 11.2. The molecule has 1 rings (SSSR count). The maximum absolute atomic E-state index is 11.2. The Kier molecular flexibility index (Phi) is 7.06. The van der Waals surface area contributed by atoms with E-state index in [2.05, 4.69) is 41.5 Å². The second-order valence-corrected chi connectivity index (χ2v) is 4.47. The Hall–Kier alpha value is -1.39. The van der Waals surface area contributed by atoms with Gasteiger partial charge in [0.25, 0.3) is 0 Å². The quantitative estimate of drug-likeness (QED) is 0.675. The predicted octanol–water partition coefficient (Wildman–Crippen LogP) is 0.974. The predicted molar refractivity (Wildman–Crippen MR) is 74.1 cm³/mol. The molecule has 1 aromatic rings. The Morgan fingerprint density at radius 3 is 2.72 bits per heavy atom. The molecular formula is C14H23N3O. The molecule has 0 bridgehead atoms. The van der Waals surface area contributed by atoms with Crippen molar-refractivity contribution in [3.05, 3.63) is 35.9 Å². The number of nitrogens with one attached hydrogen (secondary N) is 1. The van der Waals surface area contributed by atoms with Gasteiger partial charge in [0.05, 0.1) is 0 Å². The number of hydrogen-bond acceptors (Lipinski definition) is 3. The van der Waals surface area contributed by atoms with E-state index in [4.69, 9.17) is 5.73 Å². The van der Waals surface area contributed by atoms with Crippen LogP contribution < -0.4 is 11.1 Å². The van der Waals surface area contributed by atoms with Gasteiger partial charge in [0.15, 0.2) is 0 Å². The topological polar surface area (TPSA) is 58.4 Å². The highest BCUT2D eigenvalue weighted by Crippen LogP contribution is 2.02. The van der Waals surface area contributed by atoms with Crippen molar-refractivity contribution in [2.24, 2.45) is 5.73 Å². The zero-order valence-corrected chi connectivity index (χ0v) is 11.1. The summed E-state index contributed by atoms with van der Waals surface area (Å²) in [5.74, 6) is 0.0446. The molecule has 0 saturated carbocycles. The molecule has 0 spiro atoms. The first-order valence-electron chi connectivity index (χ1n) is 6.41. The van der Waals surface area contributed by atoms with Gasteiger partial charge in [-0.1, -0.05) is 30.3 Å². The first kappa shape index (κ1) is 14.7. The maximum Gasteiger partial charge on any atom is 0.221 e. The molecule has 0 radical (unpaired) electrons. The summed E-state index contributed by atoms with van der Waals surface area (Å²) in [6.07, 6.45) is 1.37. The van der Waals surface area contributed by atoms with Gasteiger partial charge in [-0.05, 0) is 25.6 Å². The molecule has 0 aliphatic heterocycles. The smallest absolute Gasteiger partial charge is 0.221 e. The Morgan fingerprint density at radius 1 is 1.33 bits per heavy atom. The van der Waals surface area contributed by atoms with Crippen molar-refractivity contribution in [3.63, 3.8) is 0 Å². The highest BCUT2D eigenvalue weighted by molar-refractivity contribution is 5.75. The first-order chi connectivity index (χ1) is 8.72. The van der Waals surface area contributed by atoms with Crippen molar-refractivity contribution in [2.45, 2.75) is 19.4 Å². The average molecular weight is 249 g/mol. The van der Waals surface area contributed by atoms with Gasteiger partial charge < -0.3 is 16.0 Å². The summed E-state index contributed by atoms with van der Waals surface area (Å²) >= 11 is 0. The first-order valence-corrected chi connectivity index (χ1v) is 6.41.